The van der Waals surface area contributed by atoms with Crippen molar-refractivity contribution in [1.29, 1.82) is 0 Å². The summed E-state index contributed by atoms with van der Waals surface area (Å²) in [6.45, 7) is 6.19. The predicted molar refractivity (Wildman–Crippen MR) is 117 cm³/mol. The Bertz CT molecular complexity index is 752. The predicted octanol–water partition coefficient (Wildman–Crippen LogP) is 4.54. The zero-order valence-electron chi connectivity index (χ0n) is 17.5. The number of anilines is 1. The average Bonchev–Trinajstić information content (AvgIpc) is 3.46. The van der Waals surface area contributed by atoms with Crippen LogP contribution in [0.5, 0.6) is 5.75 Å². The van der Waals surface area contributed by atoms with Crippen molar-refractivity contribution in [3.63, 3.8) is 0 Å². The third-order valence-electron chi connectivity index (χ3n) is 6.32. The van der Waals surface area contributed by atoms with Crippen LogP contribution in [0.2, 0.25) is 0 Å². The minimum absolute atomic E-state index is 0.241. The summed E-state index contributed by atoms with van der Waals surface area (Å²) in [5, 5.41) is 7.65. The first kappa shape index (κ1) is 20.5. The molecule has 0 saturated carbocycles. The van der Waals surface area contributed by atoms with E-state index in [0.29, 0.717) is 5.92 Å². The number of thioether (sulfide) groups is 1. The summed E-state index contributed by atoms with van der Waals surface area (Å²) in [5.74, 6) is 3.87. The third-order valence-corrected chi connectivity index (χ3v) is 7.06. The Balaban J connectivity index is 1.19. The quantitative estimate of drug-likeness (QED) is 0.634. The van der Waals surface area contributed by atoms with Crippen molar-refractivity contribution in [3.8, 4) is 5.75 Å². The van der Waals surface area contributed by atoms with Crippen LogP contribution in [0.1, 0.15) is 51.0 Å². The Kier molecular flexibility index (Phi) is 6.98. The Morgan fingerprint density at radius 2 is 2.03 bits per heavy atom. The summed E-state index contributed by atoms with van der Waals surface area (Å²) in [7, 11) is 0. The highest BCUT2D eigenvalue weighted by Crippen LogP contribution is 2.30. The van der Waals surface area contributed by atoms with Gasteiger partial charge in [-0.3, -0.25) is 0 Å². The van der Waals surface area contributed by atoms with Crippen molar-refractivity contribution < 1.29 is 9.26 Å². The van der Waals surface area contributed by atoms with Gasteiger partial charge in [0.1, 0.15) is 5.75 Å². The maximum Gasteiger partial charge on any atom is 0.266 e. The Morgan fingerprint density at radius 1 is 1.24 bits per heavy atom. The molecule has 1 aromatic carbocycles. The second kappa shape index (κ2) is 9.85. The van der Waals surface area contributed by atoms with Gasteiger partial charge in [0.15, 0.2) is 0 Å². The van der Waals surface area contributed by atoms with E-state index in [1.165, 1.54) is 24.2 Å². The van der Waals surface area contributed by atoms with E-state index in [1.54, 1.807) is 11.8 Å². The van der Waals surface area contributed by atoms with E-state index in [1.807, 2.05) is 0 Å². The van der Waals surface area contributed by atoms with Gasteiger partial charge in [-0.05, 0) is 86.2 Å². The lowest BCUT2D eigenvalue weighted by Gasteiger charge is -2.34. The van der Waals surface area contributed by atoms with Crippen molar-refractivity contribution >= 4 is 17.7 Å². The van der Waals surface area contributed by atoms with E-state index in [4.69, 9.17) is 9.26 Å². The Morgan fingerprint density at radius 3 is 2.72 bits per heavy atom. The largest absolute Gasteiger partial charge is 0.494 e. The van der Waals surface area contributed by atoms with Gasteiger partial charge in [-0.15, -0.1) is 11.8 Å². The Labute approximate surface area is 177 Å². The summed E-state index contributed by atoms with van der Waals surface area (Å²) >= 11 is 1.75. The summed E-state index contributed by atoms with van der Waals surface area (Å²) < 4.78 is 11.5. The molecule has 7 heteroatoms. The number of hydrogen-bond donors (Lipinski definition) is 1. The molecular formula is C22H32N4O2S. The van der Waals surface area contributed by atoms with Gasteiger partial charge in [-0.2, -0.15) is 4.98 Å². The SMILES string of the molecule is CSc1ccc(OCC[C@@H](C)C2CCN(c3noc(C4CCCN4)n3)CC2)cc1. The average molecular weight is 417 g/mol. The lowest BCUT2D eigenvalue weighted by atomic mass is 9.84. The van der Waals surface area contributed by atoms with Gasteiger partial charge in [-0.1, -0.05) is 6.92 Å². The highest BCUT2D eigenvalue weighted by atomic mass is 32.2. The molecule has 29 heavy (non-hydrogen) atoms. The van der Waals surface area contributed by atoms with Crippen LogP contribution in [0.4, 0.5) is 5.95 Å². The summed E-state index contributed by atoms with van der Waals surface area (Å²) in [5.41, 5.74) is 0. The number of nitrogens with zero attached hydrogens (tertiary/aromatic N) is 3. The maximum atomic E-state index is 5.95. The topological polar surface area (TPSA) is 63.4 Å². The lowest BCUT2D eigenvalue weighted by Crippen LogP contribution is -2.36. The van der Waals surface area contributed by atoms with E-state index in [2.05, 4.69) is 57.8 Å². The second-order valence-corrected chi connectivity index (χ2v) is 9.08. The molecule has 2 atom stereocenters. The monoisotopic (exact) mass is 416 g/mol. The molecule has 0 amide bonds. The molecule has 1 unspecified atom stereocenters. The standard InChI is InChI=1S/C22H32N4O2S/c1-16(11-15-27-18-5-7-19(29-2)8-6-18)17-9-13-26(14-10-17)22-24-21(28-25-22)20-4-3-12-23-20/h5-8,16-17,20,23H,3-4,9-15H2,1-2H3/t16-,20?/m1/s1. The minimum Gasteiger partial charge on any atom is -0.494 e. The molecule has 6 nitrogen and oxygen atoms in total. The molecule has 3 heterocycles. The van der Waals surface area contributed by atoms with E-state index in [-0.39, 0.29) is 6.04 Å². The molecule has 0 bridgehead atoms. The molecule has 2 aliphatic heterocycles. The molecule has 2 aromatic rings. The molecular weight excluding hydrogens is 384 g/mol. The van der Waals surface area contributed by atoms with Crippen LogP contribution in [0.25, 0.3) is 0 Å². The Hall–Kier alpha value is -1.73. The van der Waals surface area contributed by atoms with E-state index in [9.17, 15) is 0 Å². The molecule has 2 aliphatic rings. The van der Waals surface area contributed by atoms with Crippen molar-refractivity contribution in [3.05, 3.63) is 30.2 Å². The summed E-state index contributed by atoms with van der Waals surface area (Å²) in [6, 6.07) is 8.60. The lowest BCUT2D eigenvalue weighted by molar-refractivity contribution is 0.222. The molecule has 0 spiro atoms. The van der Waals surface area contributed by atoms with E-state index < -0.39 is 0 Å². The normalized spacial score (nSPS) is 21.4. The highest BCUT2D eigenvalue weighted by Gasteiger charge is 2.28. The van der Waals surface area contributed by atoms with E-state index in [0.717, 1.165) is 62.6 Å². The van der Waals surface area contributed by atoms with Gasteiger partial charge in [0.2, 0.25) is 5.89 Å². The third kappa shape index (κ3) is 5.25. The fourth-order valence-corrected chi connectivity index (χ4v) is 4.74. The fraction of sp³-hybridized carbons (Fsp3) is 0.636. The first-order valence-electron chi connectivity index (χ1n) is 10.8. The number of benzene rings is 1. The number of aromatic nitrogens is 2. The first-order valence-corrected chi connectivity index (χ1v) is 12.0. The van der Waals surface area contributed by atoms with E-state index >= 15 is 0 Å². The minimum atomic E-state index is 0.241. The summed E-state index contributed by atoms with van der Waals surface area (Å²) in [6.07, 6.45) is 7.80. The number of rotatable bonds is 8. The van der Waals surface area contributed by atoms with Crippen molar-refractivity contribution in [2.24, 2.45) is 11.8 Å². The van der Waals surface area contributed by atoms with Crippen LogP contribution in [0.3, 0.4) is 0 Å². The maximum absolute atomic E-state index is 5.95. The number of hydrogen-bond acceptors (Lipinski definition) is 7. The van der Waals surface area contributed by atoms with Gasteiger partial charge in [0.05, 0.1) is 12.6 Å². The molecule has 2 fully saturated rings. The molecule has 1 aromatic heterocycles. The van der Waals surface area contributed by atoms with Gasteiger partial charge in [-0.25, -0.2) is 0 Å². The van der Waals surface area contributed by atoms with Crippen LogP contribution in [0.15, 0.2) is 33.7 Å². The first-order chi connectivity index (χ1) is 14.2. The fourth-order valence-electron chi connectivity index (χ4n) is 4.33. The van der Waals surface area contributed by atoms with Gasteiger partial charge < -0.3 is 19.5 Å². The zero-order chi connectivity index (χ0) is 20.1. The van der Waals surface area contributed by atoms with Gasteiger partial charge in [0.25, 0.3) is 5.95 Å². The van der Waals surface area contributed by atoms with Gasteiger partial charge in [0, 0.05) is 18.0 Å². The highest BCUT2D eigenvalue weighted by molar-refractivity contribution is 7.98. The van der Waals surface area contributed by atoms with Gasteiger partial charge >= 0.3 is 0 Å². The number of ether oxygens (including phenoxy) is 1. The second-order valence-electron chi connectivity index (χ2n) is 8.20. The summed E-state index contributed by atoms with van der Waals surface area (Å²) in [4.78, 5) is 8.19. The number of piperidine rings is 1. The van der Waals surface area contributed by atoms with Crippen molar-refractivity contribution in [2.75, 3.05) is 37.4 Å². The zero-order valence-corrected chi connectivity index (χ0v) is 18.3. The molecule has 1 N–H and O–H groups in total. The molecule has 158 valence electrons. The number of nitrogens with one attached hydrogen (secondary N) is 1. The molecule has 2 saturated heterocycles. The van der Waals surface area contributed by atoms with Crippen molar-refractivity contribution in [2.45, 2.75) is 50.0 Å². The van der Waals surface area contributed by atoms with Crippen molar-refractivity contribution in [1.82, 2.24) is 15.5 Å². The van der Waals surface area contributed by atoms with Crippen LogP contribution in [0, 0.1) is 11.8 Å². The molecule has 0 aliphatic carbocycles. The van der Waals surface area contributed by atoms with Crippen LogP contribution < -0.4 is 15.0 Å². The molecule has 4 rings (SSSR count). The molecule has 0 radical (unpaired) electrons. The smallest absolute Gasteiger partial charge is 0.266 e. The van der Waals surface area contributed by atoms with Crippen LogP contribution in [-0.2, 0) is 0 Å². The van der Waals surface area contributed by atoms with Crippen LogP contribution in [-0.4, -0.2) is 42.6 Å². The van der Waals surface area contributed by atoms with Crippen LogP contribution >= 0.6 is 11.8 Å².